The number of hydrogen-bond acceptors (Lipinski definition) is 3. The Bertz CT molecular complexity index is 829. The number of anilines is 2. The minimum atomic E-state index is -0.769. The van der Waals surface area contributed by atoms with E-state index in [1.165, 1.54) is 4.90 Å². The lowest BCUT2D eigenvalue weighted by Gasteiger charge is -2.34. The molecule has 130 valence electrons. The van der Waals surface area contributed by atoms with Crippen molar-refractivity contribution in [3.63, 3.8) is 0 Å². The maximum absolute atomic E-state index is 13.1. The summed E-state index contributed by atoms with van der Waals surface area (Å²) in [5.41, 5.74) is 1.18. The van der Waals surface area contributed by atoms with Gasteiger partial charge in [0.25, 0.3) is 0 Å². The van der Waals surface area contributed by atoms with Crippen LogP contribution in [0.4, 0.5) is 11.5 Å². The molecule has 0 radical (unpaired) electrons. The average molecular weight is 402 g/mol. The Hall–Kier alpha value is -2.21. The van der Waals surface area contributed by atoms with E-state index in [1.807, 2.05) is 57.2 Å². The maximum Gasteiger partial charge on any atom is 0.245 e. The Labute approximate surface area is 155 Å². The summed E-state index contributed by atoms with van der Waals surface area (Å²) in [4.78, 5) is 31.7. The molecule has 0 bridgehead atoms. The third-order valence-corrected chi connectivity index (χ3v) is 4.40. The van der Waals surface area contributed by atoms with Crippen molar-refractivity contribution in [1.29, 1.82) is 0 Å². The van der Waals surface area contributed by atoms with Crippen molar-refractivity contribution < 1.29 is 9.59 Å². The Morgan fingerprint density at radius 2 is 2.04 bits per heavy atom. The fourth-order valence-corrected chi connectivity index (χ4v) is 3.27. The highest BCUT2D eigenvalue weighted by atomic mass is 79.9. The molecule has 25 heavy (non-hydrogen) atoms. The minimum Gasteiger partial charge on any atom is -0.351 e. The number of nitrogens with zero attached hydrogens (tertiary/aromatic N) is 2. The summed E-state index contributed by atoms with van der Waals surface area (Å²) >= 11 is 3.43. The molecule has 0 saturated carbocycles. The van der Waals surface area contributed by atoms with Crippen molar-refractivity contribution in [3.05, 3.63) is 52.6 Å². The molecule has 1 aliphatic rings. The molecule has 2 aromatic rings. The van der Waals surface area contributed by atoms with Gasteiger partial charge in [0.1, 0.15) is 11.7 Å². The molecule has 2 heterocycles. The van der Waals surface area contributed by atoms with Gasteiger partial charge in [-0.1, -0.05) is 28.1 Å². The van der Waals surface area contributed by atoms with Crippen molar-refractivity contribution in [2.75, 3.05) is 4.90 Å². The van der Waals surface area contributed by atoms with Crippen LogP contribution in [0.15, 0.2) is 47.1 Å². The number of carbonyl (C=O) groups excluding carboxylic acids is 2. The van der Waals surface area contributed by atoms with Gasteiger partial charge in [0.15, 0.2) is 0 Å². The van der Waals surface area contributed by atoms with Crippen LogP contribution in [0.5, 0.6) is 0 Å². The fraction of sp³-hybridized carbons (Fsp3) is 0.316. The summed E-state index contributed by atoms with van der Waals surface area (Å²) in [6.07, 6.45) is 2.01. The monoisotopic (exact) mass is 401 g/mol. The number of rotatable bonds is 2. The van der Waals surface area contributed by atoms with Gasteiger partial charge in [-0.15, -0.1) is 0 Å². The van der Waals surface area contributed by atoms with E-state index < -0.39 is 11.5 Å². The normalized spacial score (nSPS) is 17.2. The zero-order valence-corrected chi connectivity index (χ0v) is 16.0. The van der Waals surface area contributed by atoms with E-state index in [4.69, 9.17) is 0 Å². The van der Waals surface area contributed by atoms with Crippen LogP contribution in [0.1, 0.15) is 26.3 Å². The summed E-state index contributed by atoms with van der Waals surface area (Å²) in [7, 11) is 0. The molecule has 1 aliphatic heterocycles. The van der Waals surface area contributed by atoms with Crippen molar-refractivity contribution in [1.82, 2.24) is 10.3 Å². The molecular weight excluding hydrogens is 382 g/mol. The van der Waals surface area contributed by atoms with Gasteiger partial charge < -0.3 is 5.32 Å². The van der Waals surface area contributed by atoms with Gasteiger partial charge in [0.2, 0.25) is 11.8 Å². The summed E-state index contributed by atoms with van der Waals surface area (Å²) in [6, 6.07) is 11.2. The SMILES string of the molecule is CC(C)(C)NC(=O)C1Cc2cccnc2N(c2cccc(Br)c2)C1=O. The smallest absolute Gasteiger partial charge is 0.245 e. The van der Waals surface area contributed by atoms with E-state index >= 15 is 0 Å². The van der Waals surface area contributed by atoms with E-state index in [1.54, 1.807) is 6.20 Å². The molecule has 1 atom stereocenters. The lowest BCUT2D eigenvalue weighted by atomic mass is 9.91. The lowest BCUT2D eigenvalue weighted by Crippen LogP contribution is -2.51. The quantitative estimate of drug-likeness (QED) is 0.781. The second-order valence-corrected chi connectivity index (χ2v) is 8.05. The first-order chi connectivity index (χ1) is 11.8. The second-order valence-electron chi connectivity index (χ2n) is 7.14. The van der Waals surface area contributed by atoms with Gasteiger partial charge in [0, 0.05) is 16.2 Å². The topological polar surface area (TPSA) is 62.3 Å². The number of halogens is 1. The third kappa shape index (κ3) is 3.74. The molecule has 0 aliphatic carbocycles. The van der Waals surface area contributed by atoms with E-state index in [0.29, 0.717) is 17.9 Å². The maximum atomic E-state index is 13.1. The van der Waals surface area contributed by atoms with Gasteiger partial charge in [-0.05, 0) is 57.0 Å². The van der Waals surface area contributed by atoms with Crippen molar-refractivity contribution in [2.45, 2.75) is 32.7 Å². The number of carbonyl (C=O) groups is 2. The zero-order valence-electron chi connectivity index (χ0n) is 14.4. The molecule has 6 heteroatoms. The van der Waals surface area contributed by atoms with Crippen LogP contribution in [0, 0.1) is 5.92 Å². The van der Waals surface area contributed by atoms with Crippen LogP contribution < -0.4 is 10.2 Å². The third-order valence-electron chi connectivity index (χ3n) is 3.90. The summed E-state index contributed by atoms with van der Waals surface area (Å²) in [5.74, 6) is -0.696. The van der Waals surface area contributed by atoms with Crippen LogP contribution in [0.25, 0.3) is 0 Å². The molecule has 0 saturated heterocycles. The van der Waals surface area contributed by atoms with Crippen molar-refractivity contribution >= 4 is 39.2 Å². The van der Waals surface area contributed by atoms with Crippen LogP contribution in [0.2, 0.25) is 0 Å². The fourth-order valence-electron chi connectivity index (χ4n) is 2.88. The Morgan fingerprint density at radius 1 is 1.28 bits per heavy atom. The zero-order chi connectivity index (χ0) is 18.2. The molecule has 0 spiro atoms. The van der Waals surface area contributed by atoms with Gasteiger partial charge in [-0.2, -0.15) is 0 Å². The molecule has 1 aromatic carbocycles. The number of nitrogens with one attached hydrogen (secondary N) is 1. The molecule has 2 amide bonds. The Morgan fingerprint density at radius 3 is 2.72 bits per heavy atom. The van der Waals surface area contributed by atoms with E-state index in [0.717, 1.165) is 10.0 Å². The highest BCUT2D eigenvalue weighted by Gasteiger charge is 2.39. The van der Waals surface area contributed by atoms with Crippen molar-refractivity contribution in [3.8, 4) is 0 Å². The standard InChI is InChI=1S/C19H20BrN3O2/c1-19(2,3)22-17(24)15-10-12-6-5-9-21-16(12)23(18(15)25)14-8-4-7-13(20)11-14/h4-9,11,15H,10H2,1-3H3,(H,22,24). The number of amides is 2. The average Bonchev–Trinajstić information content (AvgIpc) is 2.52. The van der Waals surface area contributed by atoms with Crippen LogP contribution >= 0.6 is 15.9 Å². The van der Waals surface area contributed by atoms with Gasteiger partial charge in [-0.25, -0.2) is 4.98 Å². The van der Waals surface area contributed by atoms with Gasteiger partial charge >= 0.3 is 0 Å². The first kappa shape index (κ1) is 17.6. The lowest BCUT2D eigenvalue weighted by molar-refractivity contribution is -0.134. The Kier molecular flexibility index (Phi) is 4.64. The minimum absolute atomic E-state index is 0.257. The van der Waals surface area contributed by atoms with Crippen LogP contribution in [-0.4, -0.2) is 22.3 Å². The molecular formula is C19H20BrN3O2. The first-order valence-corrected chi connectivity index (χ1v) is 8.91. The summed E-state index contributed by atoms with van der Waals surface area (Å²) < 4.78 is 0.858. The van der Waals surface area contributed by atoms with E-state index in [9.17, 15) is 9.59 Å². The number of benzene rings is 1. The van der Waals surface area contributed by atoms with E-state index in [2.05, 4.69) is 26.2 Å². The van der Waals surface area contributed by atoms with Gasteiger partial charge in [0.05, 0.1) is 5.69 Å². The molecule has 1 aromatic heterocycles. The molecule has 3 rings (SSSR count). The Balaban J connectivity index is 2.04. The second kappa shape index (κ2) is 6.59. The number of hydrogen-bond donors (Lipinski definition) is 1. The molecule has 1 unspecified atom stereocenters. The number of fused-ring (bicyclic) bond motifs is 1. The number of pyridine rings is 1. The predicted molar refractivity (Wildman–Crippen MR) is 101 cm³/mol. The predicted octanol–water partition coefficient (Wildman–Crippen LogP) is 3.60. The van der Waals surface area contributed by atoms with Gasteiger partial charge in [-0.3, -0.25) is 14.5 Å². The largest absolute Gasteiger partial charge is 0.351 e. The molecule has 1 N–H and O–H groups in total. The van der Waals surface area contributed by atoms with Crippen LogP contribution in [-0.2, 0) is 16.0 Å². The highest BCUT2D eigenvalue weighted by molar-refractivity contribution is 9.10. The van der Waals surface area contributed by atoms with Crippen LogP contribution in [0.3, 0.4) is 0 Å². The summed E-state index contributed by atoms with van der Waals surface area (Å²) in [5, 5.41) is 2.92. The molecule has 5 nitrogen and oxygen atoms in total. The molecule has 0 fully saturated rings. The first-order valence-electron chi connectivity index (χ1n) is 8.12. The summed E-state index contributed by atoms with van der Waals surface area (Å²) in [6.45, 7) is 5.71. The number of aromatic nitrogens is 1. The highest BCUT2D eigenvalue weighted by Crippen LogP contribution is 2.35. The van der Waals surface area contributed by atoms with E-state index in [-0.39, 0.29) is 11.8 Å². The van der Waals surface area contributed by atoms with Crippen molar-refractivity contribution in [2.24, 2.45) is 5.92 Å².